The van der Waals surface area contributed by atoms with Crippen LogP contribution in [-0.2, 0) is 24.4 Å². The van der Waals surface area contributed by atoms with Crippen molar-refractivity contribution in [2.45, 2.75) is 88.6 Å². The number of hydrogen-bond acceptors (Lipinski definition) is 5. The average Bonchev–Trinajstić information content (AvgIpc) is 3.05. The number of carbonyl (C=O) groups is 3. The molecule has 1 aliphatic heterocycles. The molecule has 1 heterocycles. The molecule has 8 nitrogen and oxygen atoms in total. The second-order valence-corrected chi connectivity index (χ2v) is 13.4. The number of nitrogens with two attached hydrogens (primary N) is 1. The summed E-state index contributed by atoms with van der Waals surface area (Å²) >= 11 is 0. The van der Waals surface area contributed by atoms with Crippen LogP contribution in [0.15, 0.2) is 29.2 Å². The van der Waals surface area contributed by atoms with Crippen LogP contribution >= 0.6 is 0 Å². The lowest BCUT2D eigenvalue weighted by Gasteiger charge is -2.58. The second-order valence-electron chi connectivity index (χ2n) is 11.9. The first-order chi connectivity index (χ1) is 16.3. The number of amides is 3. The van der Waals surface area contributed by atoms with Crippen LogP contribution in [-0.4, -0.2) is 42.6 Å². The van der Waals surface area contributed by atoms with E-state index in [0.717, 1.165) is 24.2 Å². The van der Waals surface area contributed by atoms with Crippen LogP contribution in [0.5, 0.6) is 0 Å². The van der Waals surface area contributed by atoms with Gasteiger partial charge in [0.1, 0.15) is 6.04 Å². The van der Waals surface area contributed by atoms with Gasteiger partial charge in [0.05, 0.1) is 22.4 Å². The molecule has 6 rings (SSSR count). The Morgan fingerprint density at radius 3 is 2.03 bits per heavy atom. The van der Waals surface area contributed by atoms with Crippen LogP contribution < -0.4 is 10.0 Å². The molecule has 3 amide bonds. The number of imide groups is 1. The molecule has 0 radical (unpaired) electrons. The lowest BCUT2D eigenvalue weighted by atomic mass is 9.49. The summed E-state index contributed by atoms with van der Waals surface area (Å²) in [7, 11) is -3.89. The lowest BCUT2D eigenvalue weighted by molar-refractivity contribution is -0.168. The number of carbonyl (C=O) groups excluding carboxylic acids is 3. The standard InChI is InChI=1S/C26H35N3O5S/c1-4-25(2,3)29(24(32)26-13-16-9-17(14-26)11-18(10-16)15-26)21-12-22(30)28(23(21)31)19-5-7-20(8-6-19)35(27,33)34/h5-8,16-18,21H,4,9-15H2,1-3H3,(H2,27,33,34). The van der Waals surface area contributed by atoms with Crippen LogP contribution in [0.2, 0.25) is 0 Å². The fourth-order valence-electron chi connectivity index (χ4n) is 7.51. The second kappa shape index (κ2) is 8.13. The van der Waals surface area contributed by atoms with E-state index in [1.807, 2.05) is 20.8 Å². The maximum absolute atomic E-state index is 14.4. The highest BCUT2D eigenvalue weighted by Gasteiger charge is 2.59. The Labute approximate surface area is 207 Å². The average molecular weight is 502 g/mol. The first-order valence-electron chi connectivity index (χ1n) is 12.7. The highest BCUT2D eigenvalue weighted by molar-refractivity contribution is 7.89. The zero-order valence-electron chi connectivity index (χ0n) is 20.7. The molecule has 1 unspecified atom stereocenters. The van der Waals surface area contributed by atoms with E-state index >= 15 is 0 Å². The Morgan fingerprint density at radius 1 is 1.06 bits per heavy atom. The van der Waals surface area contributed by atoms with E-state index in [2.05, 4.69) is 0 Å². The van der Waals surface area contributed by atoms with Crippen LogP contribution in [0.25, 0.3) is 0 Å². The number of sulfonamides is 1. The molecule has 1 saturated heterocycles. The van der Waals surface area contributed by atoms with Gasteiger partial charge in [-0.2, -0.15) is 0 Å². The maximum atomic E-state index is 14.4. The third-order valence-corrected chi connectivity index (χ3v) is 10.0. The summed E-state index contributed by atoms with van der Waals surface area (Å²) in [6.07, 6.45) is 6.90. The largest absolute Gasteiger partial charge is 0.325 e. The Hall–Kier alpha value is -2.26. The summed E-state index contributed by atoms with van der Waals surface area (Å²) in [5, 5.41) is 5.18. The van der Waals surface area contributed by atoms with Gasteiger partial charge in [-0.25, -0.2) is 18.5 Å². The van der Waals surface area contributed by atoms with Crippen LogP contribution in [0.3, 0.4) is 0 Å². The Balaban J connectivity index is 1.47. The zero-order chi connectivity index (χ0) is 25.3. The first-order valence-corrected chi connectivity index (χ1v) is 14.2. The number of anilines is 1. The molecular weight excluding hydrogens is 466 g/mol. The lowest BCUT2D eigenvalue weighted by Crippen LogP contribution is -2.62. The number of nitrogens with zero attached hydrogens (tertiary/aromatic N) is 2. The first kappa shape index (κ1) is 24.4. The van der Waals surface area contributed by atoms with Crippen molar-refractivity contribution in [3.63, 3.8) is 0 Å². The summed E-state index contributed by atoms with van der Waals surface area (Å²) in [5.41, 5.74) is -0.727. The molecule has 4 saturated carbocycles. The Bertz CT molecular complexity index is 1140. The van der Waals surface area contributed by atoms with Crippen molar-refractivity contribution in [2.24, 2.45) is 28.3 Å². The van der Waals surface area contributed by atoms with Crippen molar-refractivity contribution in [3.05, 3.63) is 24.3 Å². The van der Waals surface area contributed by atoms with E-state index in [1.54, 1.807) is 4.90 Å². The molecule has 5 aliphatic rings. The van der Waals surface area contributed by atoms with E-state index in [0.29, 0.717) is 24.2 Å². The summed E-state index contributed by atoms with van der Waals surface area (Å²) < 4.78 is 23.2. The molecule has 4 bridgehead atoms. The SMILES string of the molecule is CCC(C)(C)N(C(=O)C12CC3CC(CC(C3)C1)C2)C1CC(=O)N(c2ccc(S(N)(=O)=O)cc2)C1=O. The van der Waals surface area contributed by atoms with Gasteiger partial charge in [0, 0.05) is 5.54 Å². The van der Waals surface area contributed by atoms with Crippen molar-refractivity contribution in [1.29, 1.82) is 0 Å². The molecule has 1 aromatic carbocycles. The molecule has 9 heteroatoms. The van der Waals surface area contributed by atoms with Gasteiger partial charge in [0.15, 0.2) is 0 Å². The topological polar surface area (TPSA) is 118 Å². The minimum Gasteiger partial charge on any atom is -0.325 e. The van der Waals surface area contributed by atoms with Gasteiger partial charge < -0.3 is 4.90 Å². The van der Waals surface area contributed by atoms with Crippen LogP contribution in [0, 0.1) is 23.2 Å². The van der Waals surface area contributed by atoms with Gasteiger partial charge >= 0.3 is 0 Å². The molecule has 0 aromatic heterocycles. The number of benzene rings is 1. The number of rotatable bonds is 6. The van der Waals surface area contributed by atoms with Crippen LogP contribution in [0.4, 0.5) is 5.69 Å². The van der Waals surface area contributed by atoms with Gasteiger partial charge in [-0.15, -0.1) is 0 Å². The van der Waals surface area contributed by atoms with Crippen molar-refractivity contribution >= 4 is 33.4 Å². The fourth-order valence-corrected chi connectivity index (χ4v) is 8.03. The van der Waals surface area contributed by atoms with Gasteiger partial charge in [0.25, 0.3) is 5.91 Å². The highest BCUT2D eigenvalue weighted by atomic mass is 32.2. The van der Waals surface area contributed by atoms with Crippen molar-refractivity contribution in [1.82, 2.24) is 4.90 Å². The summed E-state index contributed by atoms with van der Waals surface area (Å²) in [6, 6.07) is 4.53. The predicted octanol–water partition coefficient (Wildman–Crippen LogP) is 3.20. The third kappa shape index (κ3) is 4.00. The van der Waals surface area contributed by atoms with E-state index in [1.165, 1.54) is 43.5 Å². The van der Waals surface area contributed by atoms with Crippen LogP contribution in [0.1, 0.15) is 72.1 Å². The Morgan fingerprint density at radius 2 is 1.57 bits per heavy atom. The molecule has 2 N–H and O–H groups in total. The normalized spacial score (nSPS) is 32.4. The quantitative estimate of drug-likeness (QED) is 0.601. The highest BCUT2D eigenvalue weighted by Crippen LogP contribution is 2.61. The summed E-state index contributed by atoms with van der Waals surface area (Å²) in [4.78, 5) is 43.9. The maximum Gasteiger partial charge on any atom is 0.257 e. The van der Waals surface area contributed by atoms with Crippen molar-refractivity contribution in [2.75, 3.05) is 4.90 Å². The van der Waals surface area contributed by atoms with Gasteiger partial charge in [0.2, 0.25) is 21.8 Å². The predicted molar refractivity (Wildman–Crippen MR) is 131 cm³/mol. The van der Waals surface area contributed by atoms with E-state index in [-0.39, 0.29) is 22.9 Å². The molecule has 4 aliphatic carbocycles. The van der Waals surface area contributed by atoms with Gasteiger partial charge in [-0.3, -0.25) is 14.4 Å². The fraction of sp³-hybridized carbons (Fsp3) is 0.654. The molecule has 0 spiro atoms. The number of hydrogen-bond donors (Lipinski definition) is 1. The molecular formula is C26H35N3O5S. The monoisotopic (exact) mass is 501 g/mol. The molecule has 1 atom stereocenters. The van der Waals surface area contributed by atoms with E-state index < -0.39 is 38.8 Å². The molecule has 35 heavy (non-hydrogen) atoms. The van der Waals surface area contributed by atoms with E-state index in [9.17, 15) is 22.8 Å². The Kier molecular flexibility index (Phi) is 5.68. The minimum atomic E-state index is -3.89. The minimum absolute atomic E-state index is 0.0426. The van der Waals surface area contributed by atoms with Crippen molar-refractivity contribution < 1.29 is 22.8 Å². The number of primary sulfonamides is 1. The van der Waals surface area contributed by atoms with E-state index in [4.69, 9.17) is 5.14 Å². The van der Waals surface area contributed by atoms with Gasteiger partial charge in [-0.05, 0) is 101 Å². The summed E-state index contributed by atoms with van der Waals surface area (Å²) in [5.74, 6) is 0.988. The van der Waals surface area contributed by atoms with Crippen molar-refractivity contribution in [3.8, 4) is 0 Å². The summed E-state index contributed by atoms with van der Waals surface area (Å²) in [6.45, 7) is 5.96. The zero-order valence-corrected chi connectivity index (χ0v) is 21.5. The smallest absolute Gasteiger partial charge is 0.257 e. The molecule has 190 valence electrons. The molecule has 5 fully saturated rings. The third-order valence-electron chi connectivity index (χ3n) is 9.09. The van der Waals surface area contributed by atoms with Gasteiger partial charge in [-0.1, -0.05) is 6.92 Å². The molecule has 1 aromatic rings.